The van der Waals surface area contributed by atoms with E-state index >= 15 is 0 Å². The fraction of sp³-hybridized carbons (Fsp3) is 0.179. The molecule has 1 aliphatic heterocycles. The number of para-hydroxylation sites is 3. The van der Waals surface area contributed by atoms with Crippen LogP contribution in [0.15, 0.2) is 89.6 Å². The highest BCUT2D eigenvalue weighted by Gasteiger charge is 2.37. The van der Waals surface area contributed by atoms with E-state index < -0.39 is 0 Å². The molecule has 0 bridgehead atoms. The monoisotopic (exact) mass is 436 g/mol. The second-order valence-corrected chi connectivity index (χ2v) is 9.24. The lowest BCUT2D eigenvalue weighted by Crippen LogP contribution is -2.45. The number of rotatable bonds is 3. The molecule has 0 saturated carbocycles. The summed E-state index contributed by atoms with van der Waals surface area (Å²) >= 11 is 1.57. The van der Waals surface area contributed by atoms with Crippen LogP contribution in [0, 0.1) is 0 Å². The molecule has 1 amide bonds. The fourth-order valence-electron chi connectivity index (χ4n) is 5.36. The fourth-order valence-corrected chi connectivity index (χ4v) is 5.99. The molecule has 0 N–H and O–H groups in total. The summed E-state index contributed by atoms with van der Waals surface area (Å²) in [5.74, 6) is 0.103. The summed E-state index contributed by atoms with van der Waals surface area (Å²) in [6.07, 6.45) is 1.81. The topological polar surface area (TPSA) is 25.2 Å². The highest BCUT2D eigenvalue weighted by atomic mass is 32.1. The van der Waals surface area contributed by atoms with Crippen LogP contribution >= 0.6 is 11.3 Å². The molecule has 0 aliphatic carbocycles. The Morgan fingerprint density at radius 2 is 1.56 bits per heavy atom. The third-order valence-corrected chi connectivity index (χ3v) is 7.49. The van der Waals surface area contributed by atoms with Gasteiger partial charge in [0, 0.05) is 38.9 Å². The number of hydrogen-bond donors (Lipinski definition) is 0. The Bertz CT molecular complexity index is 1380. The Morgan fingerprint density at radius 3 is 2.22 bits per heavy atom. The van der Waals surface area contributed by atoms with Gasteiger partial charge in [0.25, 0.3) is 5.91 Å². The summed E-state index contributed by atoms with van der Waals surface area (Å²) < 4.78 is 2.50. The van der Waals surface area contributed by atoms with E-state index in [9.17, 15) is 4.79 Å². The predicted octanol–water partition coefficient (Wildman–Crippen LogP) is 7.27. The molecule has 2 atom stereocenters. The van der Waals surface area contributed by atoms with Gasteiger partial charge < -0.3 is 9.47 Å². The van der Waals surface area contributed by atoms with E-state index in [4.69, 9.17) is 0 Å². The number of carbonyl (C=O) groups excluding carboxylic acids is 1. The van der Waals surface area contributed by atoms with Crippen LogP contribution in [-0.4, -0.2) is 16.5 Å². The van der Waals surface area contributed by atoms with Crippen LogP contribution < -0.4 is 4.90 Å². The minimum absolute atomic E-state index is 0.103. The summed E-state index contributed by atoms with van der Waals surface area (Å²) in [6.45, 7) is 2.19. The molecule has 158 valence electrons. The van der Waals surface area contributed by atoms with Gasteiger partial charge in [-0.25, -0.2) is 0 Å². The first kappa shape index (κ1) is 19.3. The molecule has 3 nitrogen and oxygen atoms in total. The van der Waals surface area contributed by atoms with Crippen LogP contribution in [0.3, 0.4) is 0 Å². The summed E-state index contributed by atoms with van der Waals surface area (Å²) in [5.41, 5.74) is 5.53. The van der Waals surface area contributed by atoms with E-state index in [0.717, 1.165) is 24.1 Å². The van der Waals surface area contributed by atoms with Gasteiger partial charge in [0.05, 0.1) is 11.6 Å². The first-order chi connectivity index (χ1) is 15.8. The van der Waals surface area contributed by atoms with Gasteiger partial charge in [0.15, 0.2) is 0 Å². The number of benzene rings is 3. The van der Waals surface area contributed by atoms with Crippen LogP contribution in [0.5, 0.6) is 0 Å². The van der Waals surface area contributed by atoms with Gasteiger partial charge in [-0.1, -0.05) is 61.5 Å². The second-order valence-electron chi connectivity index (χ2n) is 8.46. The lowest BCUT2D eigenvalue weighted by atomic mass is 9.88. The van der Waals surface area contributed by atoms with Crippen molar-refractivity contribution in [1.82, 2.24) is 4.57 Å². The molecule has 0 saturated heterocycles. The van der Waals surface area contributed by atoms with Gasteiger partial charge in [-0.2, -0.15) is 11.3 Å². The SMILES string of the molecule is CCC1CC(n2c3ccccc3c3ccccc32)c2ccccc2N1C(=O)c1ccsc1. The van der Waals surface area contributed by atoms with Crippen molar-refractivity contribution in [1.29, 1.82) is 0 Å². The number of carbonyl (C=O) groups is 1. The van der Waals surface area contributed by atoms with Crippen molar-refractivity contribution < 1.29 is 4.79 Å². The van der Waals surface area contributed by atoms with E-state index in [-0.39, 0.29) is 18.0 Å². The van der Waals surface area contributed by atoms with E-state index in [0.29, 0.717) is 0 Å². The van der Waals surface area contributed by atoms with Crippen LogP contribution in [0.25, 0.3) is 21.8 Å². The number of thiophene rings is 1. The number of anilines is 1. The Kier molecular flexibility index (Phi) is 4.62. The minimum atomic E-state index is 0.103. The normalized spacial score (nSPS) is 18.2. The molecule has 2 aromatic heterocycles. The predicted molar refractivity (Wildman–Crippen MR) is 134 cm³/mol. The molecular formula is C28H24N2OS. The van der Waals surface area contributed by atoms with Gasteiger partial charge in [0.1, 0.15) is 0 Å². The molecule has 3 aromatic carbocycles. The molecule has 1 aliphatic rings. The van der Waals surface area contributed by atoms with Crippen LogP contribution in [0.2, 0.25) is 0 Å². The average molecular weight is 437 g/mol. The zero-order chi connectivity index (χ0) is 21.7. The summed E-state index contributed by atoms with van der Waals surface area (Å²) in [6, 6.07) is 28.1. The van der Waals surface area contributed by atoms with Crippen molar-refractivity contribution in [2.24, 2.45) is 0 Å². The molecule has 0 fully saturated rings. The molecule has 3 heterocycles. The maximum absolute atomic E-state index is 13.5. The maximum Gasteiger partial charge on any atom is 0.259 e. The highest BCUT2D eigenvalue weighted by Crippen LogP contribution is 2.44. The molecule has 0 radical (unpaired) electrons. The third-order valence-electron chi connectivity index (χ3n) is 6.80. The molecule has 2 unspecified atom stereocenters. The number of hydrogen-bond acceptors (Lipinski definition) is 2. The third kappa shape index (κ3) is 2.83. The standard InChI is InChI=1S/C28H24N2OS/c1-2-20-17-27(30-24-12-6-3-9-21(24)22-10-4-7-13-25(22)30)23-11-5-8-14-26(23)29(20)28(31)19-15-16-32-18-19/h3-16,18,20,27H,2,17H2,1H3. The van der Waals surface area contributed by atoms with Crippen LogP contribution in [0.1, 0.15) is 41.7 Å². The van der Waals surface area contributed by atoms with Gasteiger partial charge in [-0.3, -0.25) is 4.79 Å². The second kappa shape index (κ2) is 7.64. The quantitative estimate of drug-likeness (QED) is 0.292. The summed E-state index contributed by atoms with van der Waals surface area (Å²) in [7, 11) is 0. The van der Waals surface area contributed by atoms with Crippen LogP contribution in [0.4, 0.5) is 5.69 Å². The molecule has 4 heteroatoms. The zero-order valence-electron chi connectivity index (χ0n) is 17.9. The molecule has 32 heavy (non-hydrogen) atoms. The summed E-state index contributed by atoms with van der Waals surface area (Å²) in [5, 5.41) is 6.50. The van der Waals surface area contributed by atoms with Gasteiger partial charge in [-0.05, 0) is 48.1 Å². The Balaban J connectivity index is 1.59. The van der Waals surface area contributed by atoms with E-state index in [1.54, 1.807) is 11.3 Å². The maximum atomic E-state index is 13.5. The van der Waals surface area contributed by atoms with Gasteiger partial charge >= 0.3 is 0 Å². The van der Waals surface area contributed by atoms with Crippen molar-refractivity contribution in [2.75, 3.05) is 4.90 Å². The Labute approximate surface area is 191 Å². The first-order valence-electron chi connectivity index (χ1n) is 11.2. The van der Waals surface area contributed by atoms with Crippen molar-refractivity contribution in [3.63, 3.8) is 0 Å². The van der Waals surface area contributed by atoms with Crippen LogP contribution in [-0.2, 0) is 0 Å². The van der Waals surface area contributed by atoms with E-state index in [1.165, 1.54) is 27.4 Å². The number of aromatic nitrogens is 1. The van der Waals surface area contributed by atoms with Gasteiger partial charge in [0.2, 0.25) is 0 Å². The molecular weight excluding hydrogens is 412 g/mol. The van der Waals surface area contributed by atoms with E-state index in [2.05, 4.69) is 78.2 Å². The molecule has 5 aromatic rings. The lowest BCUT2D eigenvalue weighted by molar-refractivity contribution is 0.0970. The number of fused-ring (bicyclic) bond motifs is 4. The van der Waals surface area contributed by atoms with E-state index in [1.807, 2.05) is 27.8 Å². The number of nitrogens with zero attached hydrogens (tertiary/aromatic N) is 2. The number of amides is 1. The van der Waals surface area contributed by atoms with Gasteiger partial charge in [-0.15, -0.1) is 0 Å². The largest absolute Gasteiger partial charge is 0.333 e. The molecule has 0 spiro atoms. The first-order valence-corrected chi connectivity index (χ1v) is 12.1. The summed E-state index contributed by atoms with van der Waals surface area (Å²) in [4.78, 5) is 15.6. The smallest absolute Gasteiger partial charge is 0.259 e. The van der Waals surface area contributed by atoms with Crippen molar-refractivity contribution in [2.45, 2.75) is 31.8 Å². The Morgan fingerprint density at radius 1 is 0.906 bits per heavy atom. The molecule has 6 rings (SSSR count). The van der Waals surface area contributed by atoms with Crippen molar-refractivity contribution in [3.05, 3.63) is 101 Å². The van der Waals surface area contributed by atoms with Crippen molar-refractivity contribution in [3.8, 4) is 0 Å². The zero-order valence-corrected chi connectivity index (χ0v) is 18.8. The lowest BCUT2D eigenvalue weighted by Gasteiger charge is -2.41. The Hall–Kier alpha value is -3.37. The minimum Gasteiger partial charge on any atom is -0.333 e. The average Bonchev–Trinajstić information content (AvgIpc) is 3.49. The van der Waals surface area contributed by atoms with Crippen molar-refractivity contribution >= 4 is 44.7 Å². The highest BCUT2D eigenvalue weighted by molar-refractivity contribution is 7.08.